The molecule has 4 nitrogen and oxygen atoms in total. The van der Waals surface area contributed by atoms with Gasteiger partial charge in [0, 0.05) is 11.8 Å². The van der Waals surface area contributed by atoms with E-state index in [0.29, 0.717) is 25.0 Å². The van der Waals surface area contributed by atoms with Crippen molar-refractivity contribution in [2.45, 2.75) is 51.0 Å². The van der Waals surface area contributed by atoms with Crippen LogP contribution >= 0.6 is 0 Å². The number of nitrogens with zero attached hydrogens (tertiary/aromatic N) is 1. The smallest absolute Gasteiger partial charge is 0.161 e. The predicted octanol–water partition coefficient (Wildman–Crippen LogP) is 3.21. The summed E-state index contributed by atoms with van der Waals surface area (Å²) in [5.41, 5.74) is 1.90. The molecule has 0 fully saturated rings. The van der Waals surface area contributed by atoms with Crippen molar-refractivity contribution in [3.8, 4) is 17.6 Å². The van der Waals surface area contributed by atoms with Gasteiger partial charge in [0.1, 0.15) is 0 Å². The third-order valence-electron chi connectivity index (χ3n) is 5.07. The molecule has 0 spiro atoms. The van der Waals surface area contributed by atoms with Gasteiger partial charge in [0.05, 0.1) is 26.4 Å². The van der Waals surface area contributed by atoms with Crippen LogP contribution in [0, 0.1) is 17.2 Å². The van der Waals surface area contributed by atoms with Crippen LogP contribution < -0.4 is 9.47 Å². The number of methoxy groups -OCH3 is 2. The largest absolute Gasteiger partial charge is 0.493 e. The summed E-state index contributed by atoms with van der Waals surface area (Å²) < 4.78 is 10.8. The number of ether oxygens (including phenoxy) is 2. The highest BCUT2D eigenvalue weighted by atomic mass is 16.5. The van der Waals surface area contributed by atoms with Gasteiger partial charge in [-0.05, 0) is 48.4 Å². The van der Waals surface area contributed by atoms with E-state index < -0.39 is 11.5 Å². The van der Waals surface area contributed by atoms with Crippen LogP contribution in [0.4, 0.5) is 0 Å². The van der Waals surface area contributed by atoms with Crippen molar-refractivity contribution in [1.82, 2.24) is 0 Å². The molecule has 1 N–H and O–H groups in total. The van der Waals surface area contributed by atoms with Crippen LogP contribution in [-0.4, -0.2) is 25.4 Å². The Morgan fingerprint density at radius 3 is 2.50 bits per heavy atom. The quantitative estimate of drug-likeness (QED) is 0.907. The van der Waals surface area contributed by atoms with Crippen molar-refractivity contribution in [2.24, 2.45) is 5.92 Å². The van der Waals surface area contributed by atoms with Crippen molar-refractivity contribution < 1.29 is 14.6 Å². The van der Waals surface area contributed by atoms with Gasteiger partial charge in [-0.25, -0.2) is 0 Å². The highest BCUT2D eigenvalue weighted by molar-refractivity contribution is 5.52. The summed E-state index contributed by atoms with van der Waals surface area (Å²) >= 11 is 0. The summed E-state index contributed by atoms with van der Waals surface area (Å²) in [6, 6.07) is 6.24. The number of hydrogen-bond donors (Lipinski definition) is 1. The Bertz CT molecular complexity index is 576. The lowest BCUT2D eigenvalue weighted by atomic mass is 9.60. The molecule has 0 unspecified atom stereocenters. The molecule has 2 rings (SSSR count). The summed E-state index contributed by atoms with van der Waals surface area (Å²) in [6.45, 7) is 4.23. The topological polar surface area (TPSA) is 62.5 Å². The maximum Gasteiger partial charge on any atom is 0.161 e. The van der Waals surface area contributed by atoms with Crippen molar-refractivity contribution in [1.29, 1.82) is 5.26 Å². The van der Waals surface area contributed by atoms with E-state index >= 15 is 0 Å². The number of hydrogen-bond acceptors (Lipinski definition) is 4. The molecular formula is C18H25NO3. The van der Waals surface area contributed by atoms with E-state index in [2.05, 4.69) is 19.9 Å². The number of rotatable bonds is 5. The van der Waals surface area contributed by atoms with Gasteiger partial charge in [-0.1, -0.05) is 13.8 Å². The van der Waals surface area contributed by atoms with Crippen LogP contribution in [-0.2, 0) is 11.8 Å². The highest BCUT2D eigenvalue weighted by Gasteiger charge is 2.46. The summed E-state index contributed by atoms with van der Waals surface area (Å²) in [6.07, 6.45) is 2.18. The first kappa shape index (κ1) is 16.6. The third-order valence-corrected chi connectivity index (χ3v) is 5.07. The molecule has 2 atom stereocenters. The van der Waals surface area contributed by atoms with Crippen LogP contribution in [0.2, 0.25) is 0 Å². The third kappa shape index (κ3) is 2.55. The summed E-state index contributed by atoms with van der Waals surface area (Å²) in [5.74, 6) is 1.63. The van der Waals surface area contributed by atoms with Crippen molar-refractivity contribution in [2.75, 3.05) is 14.2 Å². The highest BCUT2D eigenvalue weighted by Crippen LogP contribution is 2.49. The number of aryl methyl sites for hydroxylation is 1. The fraction of sp³-hybridized carbons (Fsp3) is 0.611. The first-order valence-corrected chi connectivity index (χ1v) is 7.81. The SMILES string of the molecule is COc1cc2c(cc1OC)[C@@](CCC#N)(C(C)C)[C@@H](O)CC2. The van der Waals surface area contributed by atoms with E-state index in [-0.39, 0.29) is 5.92 Å². The zero-order valence-corrected chi connectivity index (χ0v) is 13.8. The molecule has 1 aliphatic rings. The lowest BCUT2D eigenvalue weighted by Gasteiger charge is -2.46. The first-order valence-electron chi connectivity index (χ1n) is 7.81. The van der Waals surface area contributed by atoms with E-state index in [1.807, 2.05) is 12.1 Å². The number of fused-ring (bicyclic) bond motifs is 1. The molecule has 22 heavy (non-hydrogen) atoms. The Balaban J connectivity index is 2.64. The molecule has 1 aromatic rings. The van der Waals surface area contributed by atoms with Gasteiger partial charge in [0.25, 0.3) is 0 Å². The normalized spacial score (nSPS) is 23.8. The van der Waals surface area contributed by atoms with Crippen molar-refractivity contribution in [3.05, 3.63) is 23.3 Å². The average Bonchev–Trinajstić information content (AvgIpc) is 2.52. The van der Waals surface area contributed by atoms with E-state index in [0.717, 1.165) is 17.7 Å². The molecule has 120 valence electrons. The van der Waals surface area contributed by atoms with Gasteiger partial charge < -0.3 is 14.6 Å². The molecule has 0 heterocycles. The summed E-state index contributed by atoms with van der Waals surface area (Å²) in [5, 5.41) is 19.8. The second kappa shape index (κ2) is 6.58. The van der Waals surface area contributed by atoms with E-state index in [4.69, 9.17) is 14.7 Å². The minimum absolute atomic E-state index is 0.230. The summed E-state index contributed by atoms with van der Waals surface area (Å²) in [7, 11) is 3.25. The second-order valence-corrected chi connectivity index (χ2v) is 6.27. The Labute approximate surface area is 132 Å². The Kier molecular flexibility index (Phi) is 4.97. The van der Waals surface area contributed by atoms with E-state index in [9.17, 15) is 5.11 Å². The number of benzene rings is 1. The molecule has 0 aromatic heterocycles. The van der Waals surface area contributed by atoms with Gasteiger partial charge in [-0.2, -0.15) is 5.26 Å². The zero-order valence-electron chi connectivity index (χ0n) is 13.8. The molecule has 0 bridgehead atoms. The minimum Gasteiger partial charge on any atom is -0.493 e. The molecule has 0 saturated carbocycles. The van der Waals surface area contributed by atoms with Crippen LogP contribution in [0.25, 0.3) is 0 Å². The lowest BCUT2D eigenvalue weighted by molar-refractivity contribution is 0.0291. The summed E-state index contributed by atoms with van der Waals surface area (Å²) in [4.78, 5) is 0. The minimum atomic E-state index is -0.438. The Morgan fingerprint density at radius 2 is 1.95 bits per heavy atom. The molecule has 1 aromatic carbocycles. The van der Waals surface area contributed by atoms with Crippen LogP contribution in [0.1, 0.15) is 44.2 Å². The van der Waals surface area contributed by atoms with Gasteiger partial charge in [0.15, 0.2) is 11.5 Å². The van der Waals surface area contributed by atoms with Crippen LogP contribution in [0.5, 0.6) is 11.5 Å². The molecule has 4 heteroatoms. The first-order chi connectivity index (χ1) is 10.5. The maximum absolute atomic E-state index is 10.8. The maximum atomic E-state index is 10.8. The molecule has 0 saturated heterocycles. The lowest BCUT2D eigenvalue weighted by Crippen LogP contribution is -2.47. The van der Waals surface area contributed by atoms with Gasteiger partial charge >= 0.3 is 0 Å². The van der Waals surface area contributed by atoms with E-state index in [1.54, 1.807) is 14.2 Å². The fourth-order valence-electron chi connectivity index (χ4n) is 3.84. The van der Waals surface area contributed by atoms with Gasteiger partial charge in [-0.3, -0.25) is 0 Å². The molecular weight excluding hydrogens is 278 g/mol. The molecule has 0 amide bonds. The van der Waals surface area contributed by atoms with E-state index in [1.165, 1.54) is 5.56 Å². The van der Waals surface area contributed by atoms with Crippen molar-refractivity contribution in [3.63, 3.8) is 0 Å². The zero-order chi connectivity index (χ0) is 16.3. The Hall–Kier alpha value is -1.73. The molecule has 1 aliphatic carbocycles. The number of aliphatic hydroxyl groups is 1. The molecule has 0 radical (unpaired) electrons. The Morgan fingerprint density at radius 1 is 1.32 bits per heavy atom. The fourth-order valence-corrected chi connectivity index (χ4v) is 3.84. The second-order valence-electron chi connectivity index (χ2n) is 6.27. The predicted molar refractivity (Wildman–Crippen MR) is 85.2 cm³/mol. The monoisotopic (exact) mass is 303 g/mol. The number of nitriles is 1. The van der Waals surface area contributed by atoms with Gasteiger partial charge in [-0.15, -0.1) is 0 Å². The van der Waals surface area contributed by atoms with Crippen LogP contribution in [0.3, 0.4) is 0 Å². The van der Waals surface area contributed by atoms with Crippen molar-refractivity contribution >= 4 is 0 Å². The van der Waals surface area contributed by atoms with Crippen LogP contribution in [0.15, 0.2) is 12.1 Å². The number of aliphatic hydroxyl groups excluding tert-OH is 1. The van der Waals surface area contributed by atoms with Gasteiger partial charge in [0.2, 0.25) is 0 Å². The standard InChI is InChI=1S/C18H25NO3/c1-12(2)18(8-5-9-19)14-11-16(22-4)15(21-3)10-13(14)6-7-17(18)20/h10-12,17,20H,5-8H2,1-4H3/t17-,18+/m0/s1. The molecule has 0 aliphatic heterocycles. The average molecular weight is 303 g/mol.